The molecule has 0 bridgehead atoms. The standard InChI is InChI=1S/C29H30N6O4/c1-17-8-10-31-24(11-17)19-15-32-34(16-19)21-12-18(13-21)3-2-9-30-20-4-5-22-23(14-20)29(39)35(28(22)38)25-6-7-26(36)33-27(25)37/h4-5,8,10-11,14-16,18,21,25,30H,2-3,6-7,9,12-13H2,1H3,(H,33,36,37). The molecule has 1 aromatic carbocycles. The number of benzene rings is 1. The van der Waals surface area contributed by atoms with E-state index in [1.54, 1.807) is 18.2 Å². The molecule has 3 aromatic rings. The Hall–Kier alpha value is -4.34. The minimum Gasteiger partial charge on any atom is -0.385 e. The third-order valence-electron chi connectivity index (χ3n) is 7.96. The van der Waals surface area contributed by atoms with Crippen LogP contribution in [0.25, 0.3) is 11.3 Å². The van der Waals surface area contributed by atoms with E-state index in [1.807, 2.05) is 18.5 Å². The molecule has 1 unspecified atom stereocenters. The lowest BCUT2D eigenvalue weighted by Crippen LogP contribution is -2.54. The number of anilines is 1. The van der Waals surface area contributed by atoms with Crippen molar-refractivity contribution < 1.29 is 19.2 Å². The highest BCUT2D eigenvalue weighted by Gasteiger charge is 2.44. The summed E-state index contributed by atoms with van der Waals surface area (Å²) in [5.74, 6) is -1.32. The molecule has 3 aliphatic rings. The molecule has 6 rings (SSSR count). The minimum absolute atomic E-state index is 0.103. The number of carbonyl (C=O) groups is 4. The zero-order chi connectivity index (χ0) is 27.1. The summed E-state index contributed by atoms with van der Waals surface area (Å²) in [6, 6.07) is 8.63. The van der Waals surface area contributed by atoms with Gasteiger partial charge in [0.25, 0.3) is 11.8 Å². The summed E-state index contributed by atoms with van der Waals surface area (Å²) in [4.78, 5) is 55.0. The van der Waals surface area contributed by atoms with Crippen LogP contribution in [0.3, 0.4) is 0 Å². The second-order valence-corrected chi connectivity index (χ2v) is 10.7. The topological polar surface area (TPSA) is 126 Å². The molecule has 1 saturated carbocycles. The number of fused-ring (bicyclic) bond motifs is 1. The summed E-state index contributed by atoms with van der Waals surface area (Å²) in [5, 5.41) is 10.1. The molecule has 4 heterocycles. The number of nitrogens with zero attached hydrogens (tertiary/aromatic N) is 4. The lowest BCUT2D eigenvalue weighted by Gasteiger charge is -2.35. The summed E-state index contributed by atoms with van der Waals surface area (Å²) in [6.07, 6.45) is 10.3. The highest BCUT2D eigenvalue weighted by atomic mass is 16.2. The van der Waals surface area contributed by atoms with Crippen LogP contribution >= 0.6 is 0 Å². The molecular weight excluding hydrogens is 496 g/mol. The fourth-order valence-electron chi connectivity index (χ4n) is 5.72. The second kappa shape index (κ2) is 10.1. The van der Waals surface area contributed by atoms with E-state index in [0.717, 1.165) is 54.1 Å². The summed E-state index contributed by atoms with van der Waals surface area (Å²) in [7, 11) is 0. The van der Waals surface area contributed by atoms with Gasteiger partial charge in [-0.3, -0.25) is 39.1 Å². The predicted molar refractivity (Wildman–Crippen MR) is 143 cm³/mol. The fraction of sp³-hybridized carbons (Fsp3) is 0.379. The Morgan fingerprint density at radius 2 is 1.87 bits per heavy atom. The summed E-state index contributed by atoms with van der Waals surface area (Å²) >= 11 is 0. The molecule has 4 amide bonds. The van der Waals surface area contributed by atoms with Crippen LogP contribution in [0.1, 0.15) is 70.8 Å². The molecule has 2 N–H and O–H groups in total. The van der Waals surface area contributed by atoms with Crippen molar-refractivity contribution in [3.8, 4) is 11.3 Å². The Bertz CT molecular complexity index is 1470. The van der Waals surface area contributed by atoms with Gasteiger partial charge in [0.15, 0.2) is 0 Å². The summed E-state index contributed by atoms with van der Waals surface area (Å²) in [6.45, 7) is 2.81. The van der Waals surface area contributed by atoms with E-state index < -0.39 is 23.8 Å². The normalized spacial score (nSPS) is 22.5. The fourth-order valence-corrected chi connectivity index (χ4v) is 5.72. The number of hydrogen-bond donors (Lipinski definition) is 2. The van der Waals surface area contributed by atoms with E-state index in [1.165, 1.54) is 5.56 Å². The molecule has 1 atom stereocenters. The van der Waals surface area contributed by atoms with E-state index in [-0.39, 0.29) is 29.9 Å². The van der Waals surface area contributed by atoms with Gasteiger partial charge in [0.2, 0.25) is 11.8 Å². The quantitative estimate of drug-likeness (QED) is 0.340. The number of rotatable bonds is 8. The van der Waals surface area contributed by atoms with Crippen LogP contribution in [0.2, 0.25) is 0 Å². The van der Waals surface area contributed by atoms with Gasteiger partial charge in [-0.2, -0.15) is 5.10 Å². The minimum atomic E-state index is -0.953. The van der Waals surface area contributed by atoms with Gasteiger partial charge in [-0.15, -0.1) is 0 Å². The lowest BCUT2D eigenvalue weighted by molar-refractivity contribution is -0.136. The number of carbonyl (C=O) groups excluding carboxylic acids is 4. The molecule has 39 heavy (non-hydrogen) atoms. The van der Waals surface area contributed by atoms with Crippen LogP contribution in [0.5, 0.6) is 0 Å². The highest BCUT2D eigenvalue weighted by molar-refractivity contribution is 6.23. The molecule has 200 valence electrons. The van der Waals surface area contributed by atoms with Crippen LogP contribution < -0.4 is 10.6 Å². The number of piperidine rings is 1. The number of amides is 4. The maximum absolute atomic E-state index is 13.0. The van der Waals surface area contributed by atoms with E-state index >= 15 is 0 Å². The molecule has 10 heteroatoms. The van der Waals surface area contributed by atoms with Crippen molar-refractivity contribution in [2.24, 2.45) is 5.92 Å². The average molecular weight is 527 g/mol. The first-order valence-corrected chi connectivity index (χ1v) is 13.4. The maximum Gasteiger partial charge on any atom is 0.262 e. The Balaban J connectivity index is 0.975. The zero-order valence-electron chi connectivity index (χ0n) is 21.7. The smallest absolute Gasteiger partial charge is 0.262 e. The Morgan fingerprint density at radius 3 is 2.67 bits per heavy atom. The van der Waals surface area contributed by atoms with Crippen molar-refractivity contribution in [1.82, 2.24) is 25.0 Å². The second-order valence-electron chi connectivity index (χ2n) is 10.7. The van der Waals surface area contributed by atoms with E-state index in [2.05, 4.69) is 44.6 Å². The molecule has 1 saturated heterocycles. The predicted octanol–water partition coefficient (Wildman–Crippen LogP) is 3.50. The molecule has 2 aliphatic heterocycles. The first kappa shape index (κ1) is 25.0. The number of aryl methyl sites for hydroxylation is 1. The molecule has 0 radical (unpaired) electrons. The Labute approximate surface area is 225 Å². The van der Waals surface area contributed by atoms with Crippen LogP contribution in [0.15, 0.2) is 48.9 Å². The average Bonchev–Trinajstić information content (AvgIpc) is 3.46. The summed E-state index contributed by atoms with van der Waals surface area (Å²) < 4.78 is 2.06. The van der Waals surface area contributed by atoms with E-state index in [0.29, 0.717) is 12.0 Å². The summed E-state index contributed by atoms with van der Waals surface area (Å²) in [5.41, 5.74) is 4.51. The van der Waals surface area contributed by atoms with Gasteiger partial charge in [-0.25, -0.2) is 0 Å². The number of hydrogen-bond acceptors (Lipinski definition) is 7. The molecule has 0 spiro atoms. The lowest BCUT2D eigenvalue weighted by atomic mass is 9.77. The van der Waals surface area contributed by atoms with Gasteiger partial charge < -0.3 is 5.32 Å². The van der Waals surface area contributed by atoms with Gasteiger partial charge in [-0.05, 0) is 80.8 Å². The monoisotopic (exact) mass is 526 g/mol. The largest absolute Gasteiger partial charge is 0.385 e. The molecule has 1 aliphatic carbocycles. The third kappa shape index (κ3) is 4.82. The van der Waals surface area contributed by atoms with Crippen LogP contribution in [-0.4, -0.2) is 55.9 Å². The third-order valence-corrected chi connectivity index (χ3v) is 7.96. The Kier molecular flexibility index (Phi) is 6.46. The SMILES string of the molecule is Cc1ccnc(-c2cnn(C3CC(CCCNc4ccc5c(c4)C(=O)N(C4CCC(=O)NC4=O)C5=O)C3)c2)c1. The van der Waals surface area contributed by atoms with Crippen molar-refractivity contribution in [2.75, 3.05) is 11.9 Å². The van der Waals surface area contributed by atoms with E-state index in [9.17, 15) is 19.2 Å². The number of pyridine rings is 1. The van der Waals surface area contributed by atoms with Crippen molar-refractivity contribution in [3.05, 3.63) is 65.6 Å². The van der Waals surface area contributed by atoms with Crippen LogP contribution in [0.4, 0.5) is 5.69 Å². The van der Waals surface area contributed by atoms with Gasteiger partial charge in [0.1, 0.15) is 6.04 Å². The van der Waals surface area contributed by atoms with Gasteiger partial charge >= 0.3 is 0 Å². The molecule has 2 aromatic heterocycles. The maximum atomic E-state index is 13.0. The van der Waals surface area contributed by atoms with E-state index in [4.69, 9.17) is 0 Å². The van der Waals surface area contributed by atoms with Gasteiger partial charge in [0, 0.05) is 36.6 Å². The number of aromatic nitrogens is 3. The van der Waals surface area contributed by atoms with Crippen molar-refractivity contribution in [2.45, 2.75) is 57.5 Å². The van der Waals surface area contributed by atoms with Gasteiger partial charge in [0.05, 0.1) is 29.1 Å². The Morgan fingerprint density at radius 1 is 1.05 bits per heavy atom. The molecule has 10 nitrogen and oxygen atoms in total. The molecule has 2 fully saturated rings. The number of imide groups is 2. The highest BCUT2D eigenvalue weighted by Crippen LogP contribution is 2.40. The van der Waals surface area contributed by atoms with Crippen molar-refractivity contribution in [3.63, 3.8) is 0 Å². The van der Waals surface area contributed by atoms with Crippen LogP contribution in [-0.2, 0) is 9.59 Å². The van der Waals surface area contributed by atoms with Crippen molar-refractivity contribution >= 4 is 29.3 Å². The van der Waals surface area contributed by atoms with Crippen molar-refractivity contribution in [1.29, 1.82) is 0 Å². The van der Waals surface area contributed by atoms with Crippen LogP contribution in [0, 0.1) is 12.8 Å². The molecular formula is C29H30N6O4. The zero-order valence-corrected chi connectivity index (χ0v) is 21.7. The first-order chi connectivity index (χ1) is 18.9. The first-order valence-electron chi connectivity index (χ1n) is 13.4. The van der Waals surface area contributed by atoms with Gasteiger partial charge in [-0.1, -0.05) is 0 Å². The number of nitrogens with one attached hydrogen (secondary N) is 2.